The van der Waals surface area contributed by atoms with Gasteiger partial charge in [-0.1, -0.05) is 12.1 Å². The standard InChI is InChI=1S/C32H35N3O6/c1-33-18-40-29-15-24-26(41-32(29)20-4-7-25(37)27(14-20)38-2)16-28(39-3)31-23-6-5-22(36)13-21(23)12-19(30(24)31)8-10-35-11-9-34-17-35/h4-7,9,11,13-14,16-17,19,29,32-33,36-37H,8,10,12,15,18H2,1-3H3/t19-,29+,32+/m0/s1. The average Bonchev–Trinajstić information content (AvgIpc) is 3.51. The first-order chi connectivity index (χ1) is 20.0. The van der Waals surface area contributed by atoms with Crippen LogP contribution in [0.4, 0.5) is 0 Å². The second-order valence-corrected chi connectivity index (χ2v) is 10.6. The minimum atomic E-state index is -0.426. The molecule has 2 heterocycles. The monoisotopic (exact) mass is 557 g/mol. The van der Waals surface area contributed by atoms with Gasteiger partial charge in [-0.3, -0.25) is 5.32 Å². The van der Waals surface area contributed by atoms with Crippen molar-refractivity contribution in [3.63, 3.8) is 0 Å². The molecule has 0 unspecified atom stereocenters. The van der Waals surface area contributed by atoms with E-state index in [0.717, 1.165) is 58.7 Å². The number of phenols is 2. The van der Waals surface area contributed by atoms with Crippen LogP contribution in [-0.4, -0.2) is 53.9 Å². The lowest BCUT2D eigenvalue weighted by molar-refractivity contribution is -0.0429. The van der Waals surface area contributed by atoms with E-state index in [1.54, 1.807) is 31.5 Å². The van der Waals surface area contributed by atoms with E-state index in [-0.39, 0.29) is 23.5 Å². The normalized spacial score (nSPS) is 19.0. The Balaban J connectivity index is 1.49. The molecule has 0 radical (unpaired) electrons. The summed E-state index contributed by atoms with van der Waals surface area (Å²) in [5, 5.41) is 23.6. The lowest BCUT2D eigenvalue weighted by Crippen LogP contribution is -2.36. The van der Waals surface area contributed by atoms with Crippen molar-refractivity contribution < 1.29 is 29.2 Å². The third-order valence-electron chi connectivity index (χ3n) is 8.12. The number of imidazole rings is 1. The lowest BCUT2D eigenvalue weighted by atomic mass is 9.73. The zero-order valence-electron chi connectivity index (χ0n) is 23.5. The number of ether oxygens (including phenoxy) is 4. The Hall–Kier alpha value is -4.21. The Bertz CT molecular complexity index is 1540. The van der Waals surface area contributed by atoms with Crippen LogP contribution >= 0.6 is 0 Å². The van der Waals surface area contributed by atoms with Gasteiger partial charge in [0, 0.05) is 42.6 Å². The molecule has 1 aliphatic carbocycles. The molecule has 1 aliphatic heterocycles. The van der Waals surface area contributed by atoms with Gasteiger partial charge in [-0.25, -0.2) is 4.98 Å². The zero-order chi connectivity index (χ0) is 28.5. The van der Waals surface area contributed by atoms with Gasteiger partial charge in [0.25, 0.3) is 0 Å². The molecule has 0 saturated carbocycles. The predicted molar refractivity (Wildman–Crippen MR) is 154 cm³/mol. The first kappa shape index (κ1) is 27.0. The fraction of sp³-hybridized carbons (Fsp3) is 0.344. The molecule has 0 amide bonds. The fourth-order valence-corrected chi connectivity index (χ4v) is 6.24. The summed E-state index contributed by atoms with van der Waals surface area (Å²) in [4.78, 5) is 4.21. The third-order valence-corrected chi connectivity index (χ3v) is 8.12. The number of rotatable bonds is 9. The van der Waals surface area contributed by atoms with E-state index in [9.17, 15) is 10.2 Å². The highest BCUT2D eigenvalue weighted by Gasteiger charge is 2.39. The highest BCUT2D eigenvalue weighted by atomic mass is 16.6. The van der Waals surface area contributed by atoms with Crippen LogP contribution in [0.1, 0.15) is 40.7 Å². The fourth-order valence-electron chi connectivity index (χ4n) is 6.24. The molecule has 2 aliphatic rings. The van der Waals surface area contributed by atoms with Crippen molar-refractivity contribution in [3.05, 3.63) is 83.4 Å². The Kier molecular flexibility index (Phi) is 7.47. The lowest BCUT2D eigenvalue weighted by Gasteiger charge is -2.39. The first-order valence-corrected chi connectivity index (χ1v) is 13.8. The van der Waals surface area contributed by atoms with Crippen molar-refractivity contribution in [1.29, 1.82) is 0 Å². The number of hydrogen-bond donors (Lipinski definition) is 3. The van der Waals surface area contributed by atoms with Crippen molar-refractivity contribution in [2.75, 3.05) is 28.0 Å². The Morgan fingerprint density at radius 2 is 1.90 bits per heavy atom. The van der Waals surface area contributed by atoms with Gasteiger partial charge in [0.1, 0.15) is 23.4 Å². The van der Waals surface area contributed by atoms with E-state index >= 15 is 0 Å². The van der Waals surface area contributed by atoms with Crippen LogP contribution in [-0.2, 0) is 24.1 Å². The first-order valence-electron chi connectivity index (χ1n) is 13.8. The van der Waals surface area contributed by atoms with E-state index in [0.29, 0.717) is 18.9 Å². The molecule has 9 heteroatoms. The van der Waals surface area contributed by atoms with Crippen LogP contribution in [0.25, 0.3) is 11.1 Å². The maximum absolute atomic E-state index is 10.3. The van der Waals surface area contributed by atoms with Gasteiger partial charge >= 0.3 is 0 Å². The highest BCUT2D eigenvalue weighted by Crippen LogP contribution is 2.53. The molecule has 3 N–H and O–H groups in total. The zero-order valence-corrected chi connectivity index (χ0v) is 23.5. The second kappa shape index (κ2) is 11.3. The molecule has 41 heavy (non-hydrogen) atoms. The summed E-state index contributed by atoms with van der Waals surface area (Å²) in [7, 11) is 5.06. The Labute approximate surface area is 239 Å². The summed E-state index contributed by atoms with van der Waals surface area (Å²) in [6.45, 7) is 1.17. The number of aromatic nitrogens is 2. The number of aryl methyl sites for hydroxylation is 1. The van der Waals surface area contributed by atoms with Crippen molar-refractivity contribution in [3.8, 4) is 39.9 Å². The molecule has 1 aromatic heterocycles. The number of fused-ring (bicyclic) bond motifs is 5. The number of aromatic hydroxyl groups is 2. The van der Waals surface area contributed by atoms with Crippen molar-refractivity contribution in [2.24, 2.45) is 0 Å². The van der Waals surface area contributed by atoms with Crippen LogP contribution in [0.5, 0.6) is 28.7 Å². The minimum absolute atomic E-state index is 0.0707. The van der Waals surface area contributed by atoms with E-state index in [2.05, 4.69) is 14.9 Å². The maximum atomic E-state index is 10.3. The van der Waals surface area contributed by atoms with E-state index < -0.39 is 6.10 Å². The van der Waals surface area contributed by atoms with Crippen molar-refractivity contribution >= 4 is 0 Å². The smallest absolute Gasteiger partial charge is 0.160 e. The molecule has 9 nitrogen and oxygen atoms in total. The number of phenolic OH excluding ortho intramolecular Hbond substituents is 2. The van der Waals surface area contributed by atoms with Gasteiger partial charge < -0.3 is 33.7 Å². The molecule has 0 bridgehead atoms. The number of nitrogens with one attached hydrogen (secondary N) is 1. The molecular weight excluding hydrogens is 522 g/mol. The maximum Gasteiger partial charge on any atom is 0.160 e. The van der Waals surface area contributed by atoms with Gasteiger partial charge in [-0.15, -0.1) is 0 Å². The molecule has 0 saturated heterocycles. The van der Waals surface area contributed by atoms with Crippen LogP contribution in [0.2, 0.25) is 0 Å². The molecule has 0 fully saturated rings. The van der Waals surface area contributed by atoms with Crippen LogP contribution in [0, 0.1) is 0 Å². The largest absolute Gasteiger partial charge is 0.508 e. The molecule has 3 aromatic carbocycles. The molecular formula is C32H35N3O6. The number of methoxy groups -OCH3 is 2. The Morgan fingerprint density at radius 3 is 2.66 bits per heavy atom. The molecule has 6 rings (SSSR count). The summed E-state index contributed by atoms with van der Waals surface area (Å²) < 4.78 is 26.6. The Morgan fingerprint density at radius 1 is 1.05 bits per heavy atom. The van der Waals surface area contributed by atoms with Gasteiger partial charge in [0.2, 0.25) is 0 Å². The van der Waals surface area contributed by atoms with Crippen LogP contribution in [0.3, 0.4) is 0 Å². The quantitative estimate of drug-likeness (QED) is 0.248. The molecule has 0 spiro atoms. The van der Waals surface area contributed by atoms with E-state index in [1.807, 2.05) is 43.8 Å². The average molecular weight is 558 g/mol. The van der Waals surface area contributed by atoms with E-state index in [1.165, 1.54) is 12.7 Å². The van der Waals surface area contributed by atoms with Gasteiger partial charge in [0.15, 0.2) is 17.6 Å². The number of hydrogen-bond acceptors (Lipinski definition) is 8. The topological polar surface area (TPSA) is 107 Å². The van der Waals surface area contributed by atoms with E-state index in [4.69, 9.17) is 18.9 Å². The highest BCUT2D eigenvalue weighted by molar-refractivity contribution is 5.83. The van der Waals surface area contributed by atoms with Crippen molar-refractivity contribution in [2.45, 2.75) is 43.9 Å². The number of benzene rings is 3. The molecule has 214 valence electrons. The third kappa shape index (κ3) is 5.07. The van der Waals surface area contributed by atoms with Gasteiger partial charge in [-0.2, -0.15) is 0 Å². The molecule has 3 atom stereocenters. The second-order valence-electron chi connectivity index (χ2n) is 10.6. The summed E-state index contributed by atoms with van der Waals surface area (Å²) in [5.74, 6) is 2.36. The summed E-state index contributed by atoms with van der Waals surface area (Å²) in [6, 6.07) is 12.8. The number of nitrogens with zero attached hydrogens (tertiary/aromatic N) is 2. The van der Waals surface area contributed by atoms with Crippen molar-refractivity contribution in [1.82, 2.24) is 14.9 Å². The van der Waals surface area contributed by atoms with Gasteiger partial charge in [-0.05, 0) is 72.3 Å². The predicted octanol–water partition coefficient (Wildman–Crippen LogP) is 4.95. The molecule has 4 aromatic rings. The SMILES string of the molecule is CNCO[C@@H]1Cc2c(cc(OC)c3c2[C@@H](CCn2ccnc2)Cc2cc(O)ccc2-3)O[C@@H]1c1ccc(O)c(OC)c1. The summed E-state index contributed by atoms with van der Waals surface area (Å²) >= 11 is 0. The summed E-state index contributed by atoms with van der Waals surface area (Å²) in [6.07, 6.45) is 7.18. The summed E-state index contributed by atoms with van der Waals surface area (Å²) in [5.41, 5.74) is 6.37. The van der Waals surface area contributed by atoms with Crippen LogP contribution in [0.15, 0.2) is 61.2 Å². The van der Waals surface area contributed by atoms with Crippen LogP contribution < -0.4 is 19.5 Å². The van der Waals surface area contributed by atoms with Gasteiger partial charge in [0.05, 0.1) is 27.3 Å². The minimum Gasteiger partial charge on any atom is -0.508 e.